The molecule has 1 amide bonds. The molecular formula is C17H26N2O2. The van der Waals surface area contributed by atoms with Gasteiger partial charge < -0.3 is 15.4 Å². The van der Waals surface area contributed by atoms with E-state index in [1.54, 1.807) is 0 Å². The maximum atomic E-state index is 12.4. The molecule has 4 heteroatoms. The quantitative estimate of drug-likeness (QED) is 0.926. The standard InChI is InChI=1S/C17H26N2O2/c1-12-5-4-6-16(11-12)21-14(3)17(20)19-9-7-15(8-10-19)13(2)18/h4-6,11,13-15H,7-10,18H2,1-3H3. The van der Waals surface area contributed by atoms with Crippen molar-refractivity contribution >= 4 is 5.91 Å². The van der Waals surface area contributed by atoms with E-state index in [-0.39, 0.29) is 11.9 Å². The zero-order valence-electron chi connectivity index (χ0n) is 13.2. The normalized spacial score (nSPS) is 19.1. The van der Waals surface area contributed by atoms with Crippen LogP contribution >= 0.6 is 0 Å². The molecule has 1 aromatic carbocycles. The Hall–Kier alpha value is -1.55. The smallest absolute Gasteiger partial charge is 0.263 e. The average Bonchev–Trinajstić information content (AvgIpc) is 2.46. The summed E-state index contributed by atoms with van der Waals surface area (Å²) in [6.07, 6.45) is 1.53. The van der Waals surface area contributed by atoms with Gasteiger partial charge in [-0.3, -0.25) is 4.79 Å². The van der Waals surface area contributed by atoms with Crippen molar-refractivity contribution in [3.63, 3.8) is 0 Å². The van der Waals surface area contributed by atoms with Crippen LogP contribution in [-0.4, -0.2) is 36.0 Å². The van der Waals surface area contributed by atoms with Crippen LogP contribution in [0.25, 0.3) is 0 Å². The second-order valence-electron chi connectivity index (χ2n) is 6.10. The summed E-state index contributed by atoms with van der Waals surface area (Å²) in [5.41, 5.74) is 7.07. The number of nitrogens with zero attached hydrogens (tertiary/aromatic N) is 1. The van der Waals surface area contributed by atoms with E-state index in [1.165, 1.54) is 0 Å². The van der Waals surface area contributed by atoms with Crippen molar-refractivity contribution in [1.82, 2.24) is 4.90 Å². The van der Waals surface area contributed by atoms with Gasteiger partial charge in [-0.1, -0.05) is 12.1 Å². The number of ether oxygens (including phenoxy) is 1. The lowest BCUT2D eigenvalue weighted by atomic mass is 9.91. The highest BCUT2D eigenvalue weighted by Gasteiger charge is 2.28. The molecule has 0 aromatic heterocycles. The summed E-state index contributed by atoms with van der Waals surface area (Å²) in [6.45, 7) is 7.45. The molecule has 4 nitrogen and oxygen atoms in total. The molecule has 1 fully saturated rings. The highest BCUT2D eigenvalue weighted by Crippen LogP contribution is 2.21. The fourth-order valence-electron chi connectivity index (χ4n) is 2.85. The zero-order chi connectivity index (χ0) is 15.4. The molecule has 2 rings (SSSR count). The minimum absolute atomic E-state index is 0.0691. The molecule has 1 saturated heterocycles. The summed E-state index contributed by atoms with van der Waals surface area (Å²) >= 11 is 0. The first-order chi connectivity index (χ1) is 9.97. The maximum absolute atomic E-state index is 12.4. The Labute approximate surface area is 127 Å². The first-order valence-electron chi connectivity index (χ1n) is 7.75. The molecule has 1 heterocycles. The summed E-state index contributed by atoms with van der Waals surface area (Å²) in [5, 5.41) is 0. The summed E-state index contributed by atoms with van der Waals surface area (Å²) in [4.78, 5) is 14.3. The fourth-order valence-corrected chi connectivity index (χ4v) is 2.85. The van der Waals surface area contributed by atoms with Crippen molar-refractivity contribution in [3.05, 3.63) is 29.8 Å². The molecule has 0 saturated carbocycles. The molecule has 116 valence electrons. The van der Waals surface area contributed by atoms with E-state index in [0.717, 1.165) is 37.2 Å². The van der Waals surface area contributed by atoms with Gasteiger partial charge in [-0.05, 0) is 57.2 Å². The number of benzene rings is 1. The second kappa shape index (κ2) is 6.94. The lowest BCUT2D eigenvalue weighted by Gasteiger charge is -2.35. The lowest BCUT2D eigenvalue weighted by Crippen LogP contribution is -2.46. The predicted octanol–water partition coefficient (Wildman–Crippen LogP) is 2.35. The van der Waals surface area contributed by atoms with Crippen LogP contribution in [0.1, 0.15) is 32.3 Å². The molecule has 0 radical (unpaired) electrons. The van der Waals surface area contributed by atoms with E-state index in [2.05, 4.69) is 0 Å². The van der Waals surface area contributed by atoms with Crippen LogP contribution in [0.15, 0.2) is 24.3 Å². The number of hydrogen-bond donors (Lipinski definition) is 1. The third kappa shape index (κ3) is 4.21. The van der Waals surface area contributed by atoms with Gasteiger partial charge in [0.25, 0.3) is 5.91 Å². The number of hydrogen-bond acceptors (Lipinski definition) is 3. The van der Waals surface area contributed by atoms with Gasteiger partial charge in [0.1, 0.15) is 5.75 Å². The number of likely N-dealkylation sites (tertiary alicyclic amines) is 1. The third-order valence-corrected chi connectivity index (χ3v) is 4.25. The van der Waals surface area contributed by atoms with Crippen molar-refractivity contribution in [2.45, 2.75) is 45.8 Å². The summed E-state index contributed by atoms with van der Waals surface area (Å²) in [5.74, 6) is 1.35. The van der Waals surface area contributed by atoms with E-state index in [0.29, 0.717) is 5.92 Å². The summed E-state index contributed by atoms with van der Waals surface area (Å²) in [6, 6.07) is 8.00. The van der Waals surface area contributed by atoms with Gasteiger partial charge in [0.2, 0.25) is 0 Å². The number of carbonyl (C=O) groups excluding carboxylic acids is 1. The Kier molecular flexibility index (Phi) is 5.23. The number of aryl methyl sites for hydroxylation is 1. The molecule has 1 aliphatic heterocycles. The monoisotopic (exact) mass is 290 g/mol. The van der Waals surface area contributed by atoms with Crippen LogP contribution in [0.5, 0.6) is 5.75 Å². The number of piperidine rings is 1. The summed E-state index contributed by atoms with van der Waals surface area (Å²) in [7, 11) is 0. The van der Waals surface area contributed by atoms with Gasteiger partial charge >= 0.3 is 0 Å². The molecule has 1 aliphatic rings. The molecule has 0 bridgehead atoms. The topological polar surface area (TPSA) is 55.6 Å². The molecule has 0 spiro atoms. The Morgan fingerprint density at radius 3 is 2.57 bits per heavy atom. The molecule has 2 unspecified atom stereocenters. The minimum Gasteiger partial charge on any atom is -0.481 e. The van der Waals surface area contributed by atoms with E-state index >= 15 is 0 Å². The van der Waals surface area contributed by atoms with Gasteiger partial charge in [-0.25, -0.2) is 0 Å². The fraction of sp³-hybridized carbons (Fsp3) is 0.588. The lowest BCUT2D eigenvalue weighted by molar-refractivity contribution is -0.139. The Bertz CT molecular complexity index is 479. The molecule has 2 N–H and O–H groups in total. The van der Waals surface area contributed by atoms with Gasteiger partial charge in [0, 0.05) is 19.1 Å². The van der Waals surface area contributed by atoms with Crippen LogP contribution in [0, 0.1) is 12.8 Å². The first-order valence-corrected chi connectivity index (χ1v) is 7.75. The highest BCUT2D eigenvalue weighted by molar-refractivity contribution is 5.81. The Morgan fingerprint density at radius 2 is 2.00 bits per heavy atom. The first kappa shape index (κ1) is 15.8. The molecule has 2 atom stereocenters. The van der Waals surface area contributed by atoms with Crippen molar-refractivity contribution in [2.75, 3.05) is 13.1 Å². The highest BCUT2D eigenvalue weighted by atomic mass is 16.5. The van der Waals surface area contributed by atoms with E-state index in [9.17, 15) is 4.79 Å². The van der Waals surface area contributed by atoms with Gasteiger partial charge in [-0.2, -0.15) is 0 Å². The largest absolute Gasteiger partial charge is 0.481 e. The van der Waals surface area contributed by atoms with Crippen molar-refractivity contribution in [1.29, 1.82) is 0 Å². The zero-order valence-corrected chi connectivity index (χ0v) is 13.2. The van der Waals surface area contributed by atoms with Gasteiger partial charge in [0.15, 0.2) is 6.10 Å². The summed E-state index contributed by atoms with van der Waals surface area (Å²) < 4.78 is 5.77. The van der Waals surface area contributed by atoms with Crippen LogP contribution in [-0.2, 0) is 4.79 Å². The maximum Gasteiger partial charge on any atom is 0.263 e. The van der Waals surface area contributed by atoms with Crippen molar-refractivity contribution in [3.8, 4) is 5.75 Å². The van der Waals surface area contributed by atoms with Gasteiger partial charge in [-0.15, -0.1) is 0 Å². The van der Waals surface area contributed by atoms with Crippen molar-refractivity contribution in [2.24, 2.45) is 11.7 Å². The Morgan fingerprint density at radius 1 is 1.33 bits per heavy atom. The number of nitrogens with two attached hydrogens (primary N) is 1. The van der Waals surface area contributed by atoms with Crippen molar-refractivity contribution < 1.29 is 9.53 Å². The number of carbonyl (C=O) groups is 1. The number of amides is 1. The third-order valence-electron chi connectivity index (χ3n) is 4.25. The van der Waals surface area contributed by atoms with Crippen LogP contribution in [0.2, 0.25) is 0 Å². The minimum atomic E-state index is -0.446. The molecular weight excluding hydrogens is 264 g/mol. The van der Waals surface area contributed by atoms with Crippen LogP contribution in [0.3, 0.4) is 0 Å². The predicted molar refractivity (Wildman–Crippen MR) is 84.2 cm³/mol. The van der Waals surface area contributed by atoms with E-state index in [4.69, 9.17) is 10.5 Å². The average molecular weight is 290 g/mol. The second-order valence-corrected chi connectivity index (χ2v) is 6.10. The Balaban J connectivity index is 1.88. The van der Waals surface area contributed by atoms with Gasteiger partial charge in [0.05, 0.1) is 0 Å². The molecule has 0 aliphatic carbocycles. The molecule has 1 aromatic rings. The number of rotatable bonds is 4. The SMILES string of the molecule is Cc1cccc(OC(C)C(=O)N2CCC(C(C)N)CC2)c1. The van der Waals surface area contributed by atoms with Crippen LogP contribution in [0.4, 0.5) is 0 Å². The van der Waals surface area contributed by atoms with E-state index < -0.39 is 6.10 Å². The molecule has 21 heavy (non-hydrogen) atoms. The van der Waals surface area contributed by atoms with E-state index in [1.807, 2.05) is 49.9 Å². The van der Waals surface area contributed by atoms with Crippen LogP contribution < -0.4 is 10.5 Å².